The van der Waals surface area contributed by atoms with E-state index in [1.165, 1.54) is 5.56 Å². The van der Waals surface area contributed by atoms with Crippen LogP contribution < -0.4 is 0 Å². The summed E-state index contributed by atoms with van der Waals surface area (Å²) >= 11 is 0. The van der Waals surface area contributed by atoms with Crippen molar-refractivity contribution < 1.29 is 4.79 Å². The van der Waals surface area contributed by atoms with Crippen molar-refractivity contribution in [2.75, 3.05) is 0 Å². The van der Waals surface area contributed by atoms with E-state index in [2.05, 4.69) is 19.1 Å². The first-order valence-corrected chi connectivity index (χ1v) is 7.19. The fourth-order valence-electron chi connectivity index (χ4n) is 2.86. The fraction of sp³-hybridized carbons (Fsp3) is 0.150. The van der Waals surface area contributed by atoms with Gasteiger partial charge in [0, 0.05) is 11.1 Å². The maximum absolute atomic E-state index is 12.9. The highest BCUT2D eigenvalue weighted by molar-refractivity contribution is 6.46. The van der Waals surface area contributed by atoms with Crippen molar-refractivity contribution in [3.8, 4) is 0 Å². The molecular weight excluding hydrogens is 256 g/mol. The van der Waals surface area contributed by atoms with Crippen LogP contribution in [0.15, 0.2) is 65.7 Å². The molecule has 0 bridgehead atoms. The van der Waals surface area contributed by atoms with Gasteiger partial charge in [-0.1, -0.05) is 60.2 Å². The number of hydrogen-bond acceptors (Lipinski definition) is 1. The number of Topliss-reactive ketones (excluding diaryl/α,β-unsaturated/α-hetero) is 1. The standard InChI is InChI=1S/C20H18O/c1-13-9-11-17(12-10-13)19-15(3)14(2)18(20(19)21)16-7-5-4-6-8-16/h4-12H,1-3H3. The van der Waals surface area contributed by atoms with Crippen LogP contribution >= 0.6 is 0 Å². The van der Waals surface area contributed by atoms with Crippen molar-refractivity contribution in [2.45, 2.75) is 20.8 Å². The van der Waals surface area contributed by atoms with E-state index < -0.39 is 0 Å². The van der Waals surface area contributed by atoms with E-state index in [1.807, 2.05) is 56.3 Å². The molecular formula is C20H18O. The number of carbonyl (C=O) groups excluding carboxylic acids is 1. The van der Waals surface area contributed by atoms with Gasteiger partial charge in [-0.15, -0.1) is 0 Å². The number of benzene rings is 2. The molecule has 0 aromatic heterocycles. The number of aryl methyl sites for hydroxylation is 1. The number of allylic oxidation sites excluding steroid dienone is 4. The summed E-state index contributed by atoms with van der Waals surface area (Å²) in [4.78, 5) is 12.9. The molecule has 1 aliphatic carbocycles. The fourth-order valence-corrected chi connectivity index (χ4v) is 2.86. The molecule has 0 heterocycles. The minimum Gasteiger partial charge on any atom is -0.289 e. The van der Waals surface area contributed by atoms with Crippen LogP contribution in [0.2, 0.25) is 0 Å². The highest BCUT2D eigenvalue weighted by Gasteiger charge is 2.29. The first-order chi connectivity index (χ1) is 10.1. The number of carbonyl (C=O) groups is 1. The summed E-state index contributed by atoms with van der Waals surface area (Å²) < 4.78 is 0. The largest absolute Gasteiger partial charge is 0.289 e. The van der Waals surface area contributed by atoms with Crippen molar-refractivity contribution in [3.63, 3.8) is 0 Å². The third-order valence-electron chi connectivity index (χ3n) is 4.17. The molecule has 1 heteroatoms. The van der Waals surface area contributed by atoms with Crippen LogP contribution in [0.5, 0.6) is 0 Å². The Morgan fingerprint density at radius 2 is 1.10 bits per heavy atom. The average molecular weight is 274 g/mol. The van der Waals surface area contributed by atoms with Crippen LogP contribution in [0.3, 0.4) is 0 Å². The predicted molar refractivity (Wildman–Crippen MR) is 87.8 cm³/mol. The van der Waals surface area contributed by atoms with Gasteiger partial charge in [0.05, 0.1) is 0 Å². The van der Waals surface area contributed by atoms with Gasteiger partial charge in [-0.25, -0.2) is 0 Å². The second kappa shape index (κ2) is 5.17. The summed E-state index contributed by atoms with van der Waals surface area (Å²) in [6, 6.07) is 18.1. The van der Waals surface area contributed by atoms with Crippen LogP contribution in [0.1, 0.15) is 30.5 Å². The van der Waals surface area contributed by atoms with Gasteiger partial charge in [-0.2, -0.15) is 0 Å². The number of ketones is 1. The van der Waals surface area contributed by atoms with E-state index in [0.29, 0.717) is 0 Å². The van der Waals surface area contributed by atoms with E-state index in [9.17, 15) is 4.79 Å². The molecule has 0 unspecified atom stereocenters. The van der Waals surface area contributed by atoms with Gasteiger partial charge < -0.3 is 0 Å². The van der Waals surface area contributed by atoms with E-state index in [0.717, 1.165) is 33.4 Å². The molecule has 0 amide bonds. The van der Waals surface area contributed by atoms with Crippen LogP contribution in [0.25, 0.3) is 11.1 Å². The minimum atomic E-state index is 0.139. The van der Waals surface area contributed by atoms with E-state index in [4.69, 9.17) is 0 Å². The molecule has 0 fully saturated rings. The Kier molecular flexibility index (Phi) is 3.34. The minimum absolute atomic E-state index is 0.139. The summed E-state index contributed by atoms with van der Waals surface area (Å²) in [6.45, 7) is 6.13. The Labute approximate surface area is 125 Å². The SMILES string of the molecule is CC1=C(c2ccccc2)C(=O)C(c2ccc(C)cc2)=C1C. The van der Waals surface area contributed by atoms with Gasteiger partial charge in [0.25, 0.3) is 0 Å². The molecule has 0 N–H and O–H groups in total. The molecule has 0 radical (unpaired) electrons. The van der Waals surface area contributed by atoms with Crippen LogP contribution in [-0.4, -0.2) is 5.78 Å². The van der Waals surface area contributed by atoms with Crippen molar-refractivity contribution in [1.29, 1.82) is 0 Å². The van der Waals surface area contributed by atoms with Crippen LogP contribution in [0.4, 0.5) is 0 Å². The molecule has 2 aromatic carbocycles. The van der Waals surface area contributed by atoms with Crippen molar-refractivity contribution >= 4 is 16.9 Å². The lowest BCUT2D eigenvalue weighted by molar-refractivity contribution is -0.108. The van der Waals surface area contributed by atoms with Gasteiger partial charge in [0.15, 0.2) is 5.78 Å². The first kappa shape index (κ1) is 13.6. The number of rotatable bonds is 2. The molecule has 0 spiro atoms. The molecule has 1 aliphatic rings. The van der Waals surface area contributed by atoms with E-state index in [1.54, 1.807) is 0 Å². The van der Waals surface area contributed by atoms with E-state index in [-0.39, 0.29) is 5.78 Å². The number of hydrogen-bond donors (Lipinski definition) is 0. The Morgan fingerprint density at radius 1 is 0.619 bits per heavy atom. The van der Waals surface area contributed by atoms with Gasteiger partial charge in [-0.05, 0) is 43.0 Å². The molecule has 21 heavy (non-hydrogen) atoms. The quantitative estimate of drug-likeness (QED) is 0.767. The summed E-state index contributed by atoms with van der Waals surface area (Å²) in [5.41, 5.74) is 7.06. The summed E-state index contributed by atoms with van der Waals surface area (Å²) in [5.74, 6) is 0.139. The zero-order valence-corrected chi connectivity index (χ0v) is 12.6. The highest BCUT2D eigenvalue weighted by atomic mass is 16.1. The van der Waals surface area contributed by atoms with Gasteiger partial charge in [0.2, 0.25) is 0 Å². The molecule has 0 atom stereocenters. The van der Waals surface area contributed by atoms with Crippen LogP contribution in [-0.2, 0) is 4.79 Å². The average Bonchev–Trinajstić information content (AvgIpc) is 2.72. The van der Waals surface area contributed by atoms with Crippen molar-refractivity contribution in [2.24, 2.45) is 0 Å². The first-order valence-electron chi connectivity index (χ1n) is 7.19. The predicted octanol–water partition coefficient (Wildman–Crippen LogP) is 4.82. The Hall–Kier alpha value is -2.41. The Morgan fingerprint density at radius 3 is 1.62 bits per heavy atom. The van der Waals surface area contributed by atoms with Gasteiger partial charge >= 0.3 is 0 Å². The van der Waals surface area contributed by atoms with Gasteiger partial charge in [-0.3, -0.25) is 4.79 Å². The molecule has 0 saturated carbocycles. The molecule has 3 rings (SSSR count). The second-order valence-corrected chi connectivity index (χ2v) is 5.56. The van der Waals surface area contributed by atoms with E-state index >= 15 is 0 Å². The van der Waals surface area contributed by atoms with Gasteiger partial charge in [0.1, 0.15) is 0 Å². The smallest absolute Gasteiger partial charge is 0.194 e. The normalized spacial score (nSPS) is 15.1. The third kappa shape index (κ3) is 2.25. The Balaban J connectivity index is 2.08. The monoisotopic (exact) mass is 274 g/mol. The van der Waals surface area contributed by atoms with Crippen molar-refractivity contribution in [3.05, 3.63) is 82.4 Å². The van der Waals surface area contributed by atoms with Crippen molar-refractivity contribution in [1.82, 2.24) is 0 Å². The maximum atomic E-state index is 12.9. The molecule has 0 saturated heterocycles. The topological polar surface area (TPSA) is 17.1 Å². The maximum Gasteiger partial charge on any atom is 0.194 e. The zero-order chi connectivity index (χ0) is 15.0. The lowest BCUT2D eigenvalue weighted by Gasteiger charge is -2.06. The van der Waals surface area contributed by atoms with Crippen LogP contribution in [0, 0.1) is 6.92 Å². The summed E-state index contributed by atoms with van der Waals surface area (Å²) in [6.07, 6.45) is 0. The Bertz CT molecular complexity index is 759. The highest BCUT2D eigenvalue weighted by Crippen LogP contribution is 2.39. The molecule has 2 aromatic rings. The zero-order valence-electron chi connectivity index (χ0n) is 12.6. The molecule has 0 aliphatic heterocycles. The lowest BCUT2D eigenvalue weighted by Crippen LogP contribution is -2.01. The summed E-state index contributed by atoms with van der Waals surface area (Å²) in [5, 5.41) is 0. The molecule has 104 valence electrons. The molecule has 1 nitrogen and oxygen atoms in total. The summed E-state index contributed by atoms with van der Waals surface area (Å²) in [7, 11) is 0. The second-order valence-electron chi connectivity index (χ2n) is 5.56. The third-order valence-corrected chi connectivity index (χ3v) is 4.17. The lowest BCUT2D eigenvalue weighted by atomic mass is 9.96.